The molecule has 0 aliphatic heterocycles. The fourth-order valence-electron chi connectivity index (χ4n) is 1.69. The smallest absolute Gasteiger partial charge is 0.331 e. The Labute approximate surface area is 131 Å². The number of benzene rings is 2. The van der Waals surface area contributed by atoms with Crippen LogP contribution in [0.4, 0.5) is 14.5 Å². The second-order valence-corrected chi connectivity index (χ2v) is 4.55. The Hall–Kier alpha value is -3.02. The number of hydrogen-bond donors (Lipinski definition) is 1. The van der Waals surface area contributed by atoms with E-state index in [0.717, 1.165) is 6.08 Å². The molecular formula is C17H13F2NO3. The first kappa shape index (κ1) is 16.4. The van der Waals surface area contributed by atoms with Gasteiger partial charge < -0.3 is 10.1 Å². The van der Waals surface area contributed by atoms with Crippen molar-refractivity contribution in [1.82, 2.24) is 0 Å². The number of esters is 1. The molecule has 118 valence electrons. The van der Waals surface area contributed by atoms with Crippen LogP contribution in [0.1, 0.15) is 5.56 Å². The number of rotatable bonds is 5. The van der Waals surface area contributed by atoms with Crippen molar-refractivity contribution >= 4 is 23.6 Å². The summed E-state index contributed by atoms with van der Waals surface area (Å²) in [5.41, 5.74) is 0.889. The van der Waals surface area contributed by atoms with Crippen molar-refractivity contribution < 1.29 is 23.1 Å². The van der Waals surface area contributed by atoms with E-state index in [4.69, 9.17) is 4.74 Å². The molecule has 0 fully saturated rings. The Morgan fingerprint density at radius 1 is 1.04 bits per heavy atom. The molecule has 0 heterocycles. The third kappa shape index (κ3) is 5.70. The van der Waals surface area contributed by atoms with Gasteiger partial charge in [-0.2, -0.15) is 0 Å². The number of ether oxygens (including phenoxy) is 1. The van der Waals surface area contributed by atoms with Crippen LogP contribution in [0, 0.1) is 11.6 Å². The van der Waals surface area contributed by atoms with Crippen molar-refractivity contribution in [3.63, 3.8) is 0 Å². The van der Waals surface area contributed by atoms with Gasteiger partial charge >= 0.3 is 5.97 Å². The third-order valence-corrected chi connectivity index (χ3v) is 2.73. The van der Waals surface area contributed by atoms with E-state index in [0.29, 0.717) is 11.3 Å². The zero-order valence-electron chi connectivity index (χ0n) is 12.0. The van der Waals surface area contributed by atoms with Crippen LogP contribution in [0.15, 0.2) is 54.6 Å². The van der Waals surface area contributed by atoms with Gasteiger partial charge in [-0.1, -0.05) is 12.1 Å². The van der Waals surface area contributed by atoms with Crippen LogP contribution in [0.3, 0.4) is 0 Å². The molecule has 6 heteroatoms. The summed E-state index contributed by atoms with van der Waals surface area (Å²) in [6.45, 7) is -0.482. The summed E-state index contributed by atoms with van der Waals surface area (Å²) in [5, 5.41) is 2.45. The summed E-state index contributed by atoms with van der Waals surface area (Å²) in [7, 11) is 0. The monoisotopic (exact) mass is 317 g/mol. The van der Waals surface area contributed by atoms with E-state index in [1.54, 1.807) is 6.07 Å². The van der Waals surface area contributed by atoms with Gasteiger partial charge in [-0.15, -0.1) is 0 Å². The minimum absolute atomic E-state index is 0.391. The van der Waals surface area contributed by atoms with Gasteiger partial charge in [0.2, 0.25) is 0 Å². The molecule has 0 saturated heterocycles. The molecule has 1 amide bonds. The normalized spacial score (nSPS) is 10.5. The largest absolute Gasteiger partial charge is 0.452 e. The highest BCUT2D eigenvalue weighted by Gasteiger charge is 2.05. The molecule has 2 aromatic rings. The van der Waals surface area contributed by atoms with E-state index in [1.807, 2.05) is 0 Å². The van der Waals surface area contributed by atoms with E-state index in [9.17, 15) is 18.4 Å². The number of carbonyl (C=O) groups excluding carboxylic acids is 2. The number of carbonyl (C=O) groups is 2. The molecule has 2 rings (SSSR count). The number of nitrogens with one attached hydrogen (secondary N) is 1. The Morgan fingerprint density at radius 2 is 1.78 bits per heavy atom. The van der Waals surface area contributed by atoms with Gasteiger partial charge in [-0.25, -0.2) is 13.6 Å². The maximum Gasteiger partial charge on any atom is 0.331 e. The SMILES string of the molecule is O=C(COC(=O)/C=C/c1cccc(F)c1)Nc1ccc(F)cc1. The van der Waals surface area contributed by atoms with Crippen LogP contribution in [0.25, 0.3) is 6.08 Å². The van der Waals surface area contributed by atoms with Gasteiger partial charge in [-0.05, 0) is 48.0 Å². The van der Waals surface area contributed by atoms with E-state index < -0.39 is 30.1 Å². The van der Waals surface area contributed by atoms with Crippen LogP contribution in [0.5, 0.6) is 0 Å². The zero-order valence-corrected chi connectivity index (χ0v) is 12.0. The van der Waals surface area contributed by atoms with Gasteiger partial charge in [0.25, 0.3) is 5.91 Å². The van der Waals surface area contributed by atoms with Crippen LogP contribution in [-0.2, 0) is 14.3 Å². The summed E-state index contributed by atoms with van der Waals surface area (Å²) in [6, 6.07) is 10.8. The highest BCUT2D eigenvalue weighted by atomic mass is 19.1. The molecular weight excluding hydrogens is 304 g/mol. The quantitative estimate of drug-likeness (QED) is 0.681. The first-order chi connectivity index (χ1) is 11.0. The van der Waals surface area contributed by atoms with E-state index in [1.165, 1.54) is 48.5 Å². The third-order valence-electron chi connectivity index (χ3n) is 2.73. The van der Waals surface area contributed by atoms with Crippen molar-refractivity contribution in [2.75, 3.05) is 11.9 Å². The summed E-state index contributed by atoms with van der Waals surface area (Å²) in [6.07, 6.45) is 2.48. The number of anilines is 1. The molecule has 0 aliphatic rings. The average molecular weight is 317 g/mol. The predicted octanol–water partition coefficient (Wildman–Crippen LogP) is 3.16. The first-order valence-electron chi connectivity index (χ1n) is 6.69. The number of hydrogen-bond acceptors (Lipinski definition) is 3. The fraction of sp³-hybridized carbons (Fsp3) is 0.0588. The van der Waals surface area contributed by atoms with Crippen molar-refractivity contribution in [2.45, 2.75) is 0 Å². The predicted molar refractivity (Wildman–Crippen MR) is 81.4 cm³/mol. The molecule has 2 aromatic carbocycles. The van der Waals surface area contributed by atoms with E-state index >= 15 is 0 Å². The Kier molecular flexibility index (Phi) is 5.57. The Bertz CT molecular complexity index is 727. The lowest BCUT2D eigenvalue weighted by atomic mass is 10.2. The standard InChI is InChI=1S/C17H13F2NO3/c18-13-5-7-15(8-6-13)20-16(21)11-23-17(22)9-4-12-2-1-3-14(19)10-12/h1-10H,11H2,(H,20,21)/b9-4+. The van der Waals surface area contributed by atoms with Gasteiger partial charge in [0.1, 0.15) is 11.6 Å². The fourth-order valence-corrected chi connectivity index (χ4v) is 1.69. The topological polar surface area (TPSA) is 55.4 Å². The molecule has 1 N–H and O–H groups in total. The molecule has 0 aromatic heterocycles. The second-order valence-electron chi connectivity index (χ2n) is 4.55. The highest BCUT2D eigenvalue weighted by molar-refractivity contribution is 5.94. The number of halogens is 2. The van der Waals surface area contributed by atoms with Crippen LogP contribution in [-0.4, -0.2) is 18.5 Å². The maximum atomic E-state index is 13.0. The van der Waals surface area contributed by atoms with Crippen molar-refractivity contribution in [1.29, 1.82) is 0 Å². The van der Waals surface area contributed by atoms with Gasteiger partial charge in [0.05, 0.1) is 0 Å². The Balaban J connectivity index is 1.79. The molecule has 23 heavy (non-hydrogen) atoms. The minimum atomic E-state index is -0.733. The van der Waals surface area contributed by atoms with Crippen LogP contribution < -0.4 is 5.32 Å². The van der Waals surface area contributed by atoms with E-state index in [-0.39, 0.29) is 0 Å². The molecule has 0 atom stereocenters. The van der Waals surface area contributed by atoms with Crippen LogP contribution >= 0.6 is 0 Å². The zero-order chi connectivity index (χ0) is 16.7. The lowest BCUT2D eigenvalue weighted by Crippen LogP contribution is -2.20. The molecule has 0 radical (unpaired) electrons. The van der Waals surface area contributed by atoms with Gasteiger partial charge in [-0.3, -0.25) is 4.79 Å². The van der Waals surface area contributed by atoms with Gasteiger partial charge in [0.15, 0.2) is 6.61 Å². The highest BCUT2D eigenvalue weighted by Crippen LogP contribution is 2.08. The molecule has 0 spiro atoms. The molecule has 0 aliphatic carbocycles. The number of amides is 1. The summed E-state index contributed by atoms with van der Waals surface area (Å²) < 4.78 is 30.4. The Morgan fingerprint density at radius 3 is 2.48 bits per heavy atom. The van der Waals surface area contributed by atoms with Gasteiger partial charge in [0, 0.05) is 11.8 Å². The lowest BCUT2D eigenvalue weighted by Gasteiger charge is -2.05. The van der Waals surface area contributed by atoms with Crippen molar-refractivity contribution in [3.05, 3.63) is 71.8 Å². The molecule has 4 nitrogen and oxygen atoms in total. The minimum Gasteiger partial charge on any atom is -0.452 e. The lowest BCUT2D eigenvalue weighted by molar-refractivity contribution is -0.142. The molecule has 0 unspecified atom stereocenters. The molecule has 0 saturated carbocycles. The summed E-state index contributed by atoms with van der Waals surface area (Å²) in [5.74, 6) is -2.12. The molecule has 0 bridgehead atoms. The van der Waals surface area contributed by atoms with Crippen molar-refractivity contribution in [3.8, 4) is 0 Å². The van der Waals surface area contributed by atoms with Crippen molar-refractivity contribution in [2.24, 2.45) is 0 Å². The first-order valence-corrected chi connectivity index (χ1v) is 6.69. The maximum absolute atomic E-state index is 13.0. The van der Waals surface area contributed by atoms with Crippen LogP contribution in [0.2, 0.25) is 0 Å². The summed E-state index contributed by atoms with van der Waals surface area (Å²) in [4.78, 5) is 23.0. The second kappa shape index (κ2) is 7.84. The summed E-state index contributed by atoms with van der Waals surface area (Å²) >= 11 is 0. The van der Waals surface area contributed by atoms with E-state index in [2.05, 4.69) is 5.32 Å². The average Bonchev–Trinajstić information content (AvgIpc) is 2.53.